The smallest absolute Gasteiger partial charge is 0.314 e. The number of amides is 2. The summed E-state index contributed by atoms with van der Waals surface area (Å²) >= 11 is 0. The van der Waals surface area contributed by atoms with Crippen LogP contribution in [0.5, 0.6) is 0 Å². The van der Waals surface area contributed by atoms with E-state index >= 15 is 0 Å². The van der Waals surface area contributed by atoms with Gasteiger partial charge in [-0.3, -0.25) is 9.69 Å². The second-order valence-corrected chi connectivity index (χ2v) is 6.09. The Labute approximate surface area is 119 Å². The van der Waals surface area contributed by atoms with Crippen molar-refractivity contribution in [3.8, 4) is 0 Å². The SMILES string of the molecule is CC(CNC(=O)NCC1(C(=O)O)CCC1)N1CCCC1. The molecule has 2 fully saturated rings. The number of carboxylic acid groups (broad SMARTS) is 1. The first-order valence-corrected chi connectivity index (χ1v) is 7.53. The molecule has 0 bridgehead atoms. The van der Waals surface area contributed by atoms with E-state index in [1.807, 2.05) is 0 Å². The molecule has 1 saturated carbocycles. The summed E-state index contributed by atoms with van der Waals surface area (Å²) in [6.45, 7) is 5.15. The number of hydrogen-bond donors (Lipinski definition) is 3. The fourth-order valence-electron chi connectivity index (χ4n) is 2.93. The van der Waals surface area contributed by atoms with E-state index in [1.54, 1.807) is 0 Å². The molecule has 1 unspecified atom stereocenters. The molecule has 6 heteroatoms. The molecule has 1 aliphatic heterocycles. The Morgan fingerprint density at radius 1 is 1.20 bits per heavy atom. The zero-order valence-corrected chi connectivity index (χ0v) is 12.2. The van der Waals surface area contributed by atoms with E-state index < -0.39 is 11.4 Å². The molecule has 1 aliphatic carbocycles. The van der Waals surface area contributed by atoms with Crippen LogP contribution >= 0.6 is 0 Å². The Morgan fingerprint density at radius 2 is 1.85 bits per heavy atom. The van der Waals surface area contributed by atoms with E-state index in [9.17, 15) is 14.7 Å². The molecule has 0 aromatic carbocycles. The van der Waals surface area contributed by atoms with Crippen molar-refractivity contribution in [2.75, 3.05) is 26.2 Å². The lowest BCUT2D eigenvalue weighted by Gasteiger charge is -2.37. The number of rotatable bonds is 6. The summed E-state index contributed by atoms with van der Waals surface area (Å²) in [5.41, 5.74) is -0.724. The summed E-state index contributed by atoms with van der Waals surface area (Å²) in [7, 11) is 0. The van der Waals surface area contributed by atoms with Crippen molar-refractivity contribution < 1.29 is 14.7 Å². The predicted molar refractivity (Wildman–Crippen MR) is 75.6 cm³/mol. The Bertz CT molecular complexity index is 363. The van der Waals surface area contributed by atoms with Gasteiger partial charge in [0.1, 0.15) is 0 Å². The molecule has 0 radical (unpaired) electrons. The van der Waals surface area contributed by atoms with Crippen LogP contribution in [-0.2, 0) is 4.79 Å². The van der Waals surface area contributed by atoms with E-state index in [2.05, 4.69) is 22.5 Å². The van der Waals surface area contributed by atoms with Gasteiger partial charge in [-0.1, -0.05) is 6.42 Å². The Balaban J connectivity index is 1.66. The predicted octanol–water partition coefficient (Wildman–Crippen LogP) is 1.02. The van der Waals surface area contributed by atoms with Crippen molar-refractivity contribution in [3.63, 3.8) is 0 Å². The lowest BCUT2D eigenvalue weighted by Crippen LogP contribution is -2.51. The molecule has 2 amide bonds. The number of carbonyl (C=O) groups excluding carboxylic acids is 1. The van der Waals surface area contributed by atoms with Crippen molar-refractivity contribution in [1.82, 2.24) is 15.5 Å². The van der Waals surface area contributed by atoms with Gasteiger partial charge in [-0.15, -0.1) is 0 Å². The summed E-state index contributed by atoms with van der Waals surface area (Å²) < 4.78 is 0. The molecule has 1 atom stereocenters. The Kier molecular flexibility index (Phi) is 4.86. The van der Waals surface area contributed by atoms with Gasteiger partial charge in [0.15, 0.2) is 0 Å². The standard InChI is InChI=1S/C14H25N3O3/c1-11(17-7-2-3-8-17)9-15-13(20)16-10-14(12(18)19)5-4-6-14/h11H,2-10H2,1H3,(H,18,19)(H2,15,16,20). The molecular weight excluding hydrogens is 258 g/mol. The summed E-state index contributed by atoms with van der Waals surface area (Å²) in [6.07, 6.45) is 4.72. The summed E-state index contributed by atoms with van der Waals surface area (Å²) in [5.74, 6) is -0.797. The number of aliphatic carboxylic acids is 1. The van der Waals surface area contributed by atoms with Crippen molar-refractivity contribution in [3.05, 3.63) is 0 Å². The number of urea groups is 1. The summed E-state index contributed by atoms with van der Waals surface area (Å²) in [5, 5.41) is 14.7. The third-order valence-corrected chi connectivity index (χ3v) is 4.67. The average molecular weight is 283 g/mol. The topological polar surface area (TPSA) is 81.7 Å². The average Bonchev–Trinajstić information content (AvgIpc) is 2.88. The lowest BCUT2D eigenvalue weighted by molar-refractivity contribution is -0.153. The maximum Gasteiger partial charge on any atom is 0.314 e. The molecule has 6 nitrogen and oxygen atoms in total. The fourth-order valence-corrected chi connectivity index (χ4v) is 2.93. The van der Waals surface area contributed by atoms with Gasteiger partial charge in [0, 0.05) is 19.1 Å². The van der Waals surface area contributed by atoms with E-state index in [4.69, 9.17) is 0 Å². The van der Waals surface area contributed by atoms with Crippen molar-refractivity contribution in [2.24, 2.45) is 5.41 Å². The maximum absolute atomic E-state index is 11.7. The minimum Gasteiger partial charge on any atom is -0.481 e. The molecule has 1 saturated heterocycles. The van der Waals surface area contributed by atoms with E-state index in [0.717, 1.165) is 19.5 Å². The minimum absolute atomic E-state index is 0.228. The normalized spacial score (nSPS) is 22.9. The highest BCUT2D eigenvalue weighted by Crippen LogP contribution is 2.40. The molecule has 20 heavy (non-hydrogen) atoms. The monoisotopic (exact) mass is 283 g/mol. The van der Waals surface area contributed by atoms with Crippen LogP contribution in [0.25, 0.3) is 0 Å². The van der Waals surface area contributed by atoms with Crippen LogP contribution < -0.4 is 10.6 Å². The van der Waals surface area contributed by atoms with Crippen LogP contribution in [0.3, 0.4) is 0 Å². The van der Waals surface area contributed by atoms with Crippen molar-refractivity contribution in [1.29, 1.82) is 0 Å². The molecule has 114 valence electrons. The van der Waals surface area contributed by atoms with Crippen LogP contribution in [0.4, 0.5) is 4.79 Å². The molecule has 1 heterocycles. The Hall–Kier alpha value is -1.30. The highest BCUT2D eigenvalue weighted by molar-refractivity contribution is 5.78. The first-order valence-electron chi connectivity index (χ1n) is 7.53. The lowest BCUT2D eigenvalue weighted by atomic mass is 9.69. The van der Waals surface area contributed by atoms with Crippen LogP contribution in [0, 0.1) is 5.41 Å². The van der Waals surface area contributed by atoms with Crippen molar-refractivity contribution in [2.45, 2.75) is 45.1 Å². The number of nitrogens with one attached hydrogen (secondary N) is 2. The molecule has 0 aromatic heterocycles. The highest BCUT2D eigenvalue weighted by atomic mass is 16.4. The van der Waals surface area contributed by atoms with Crippen LogP contribution in [0.1, 0.15) is 39.0 Å². The number of nitrogens with zero attached hydrogens (tertiary/aromatic N) is 1. The van der Waals surface area contributed by atoms with Gasteiger partial charge >= 0.3 is 12.0 Å². The minimum atomic E-state index is -0.797. The largest absolute Gasteiger partial charge is 0.481 e. The third kappa shape index (κ3) is 3.42. The highest BCUT2D eigenvalue weighted by Gasteiger charge is 2.44. The van der Waals surface area contributed by atoms with Gasteiger partial charge < -0.3 is 15.7 Å². The van der Waals surface area contributed by atoms with Gasteiger partial charge in [0.25, 0.3) is 0 Å². The molecule has 0 spiro atoms. The van der Waals surface area contributed by atoms with Gasteiger partial charge in [0.05, 0.1) is 5.41 Å². The fraction of sp³-hybridized carbons (Fsp3) is 0.857. The number of likely N-dealkylation sites (tertiary alicyclic amines) is 1. The zero-order valence-electron chi connectivity index (χ0n) is 12.2. The quantitative estimate of drug-likeness (QED) is 0.680. The number of carbonyl (C=O) groups is 2. The summed E-state index contributed by atoms with van der Waals surface area (Å²) in [6, 6.07) is 0.0731. The van der Waals surface area contributed by atoms with E-state index in [1.165, 1.54) is 12.8 Å². The first kappa shape index (κ1) is 15.1. The third-order valence-electron chi connectivity index (χ3n) is 4.67. The zero-order chi connectivity index (χ0) is 14.6. The molecule has 2 rings (SSSR count). The van der Waals surface area contributed by atoms with Crippen LogP contribution in [0.15, 0.2) is 0 Å². The van der Waals surface area contributed by atoms with E-state index in [0.29, 0.717) is 25.4 Å². The Morgan fingerprint density at radius 3 is 2.35 bits per heavy atom. The van der Waals surface area contributed by atoms with Crippen LogP contribution in [-0.4, -0.2) is 54.2 Å². The number of carboxylic acids is 1. The maximum atomic E-state index is 11.7. The van der Waals surface area contributed by atoms with E-state index in [-0.39, 0.29) is 12.6 Å². The van der Waals surface area contributed by atoms with Crippen molar-refractivity contribution >= 4 is 12.0 Å². The molecule has 0 aromatic rings. The van der Waals surface area contributed by atoms with Gasteiger partial charge in [-0.25, -0.2) is 4.79 Å². The summed E-state index contributed by atoms with van der Waals surface area (Å²) in [4.78, 5) is 25.3. The van der Waals surface area contributed by atoms with Gasteiger partial charge in [0.2, 0.25) is 0 Å². The second-order valence-electron chi connectivity index (χ2n) is 6.09. The number of hydrogen-bond acceptors (Lipinski definition) is 3. The van der Waals surface area contributed by atoms with Crippen LogP contribution in [0.2, 0.25) is 0 Å². The first-order chi connectivity index (χ1) is 9.53. The van der Waals surface area contributed by atoms with Gasteiger partial charge in [-0.2, -0.15) is 0 Å². The molecule has 2 aliphatic rings. The van der Waals surface area contributed by atoms with Gasteiger partial charge in [-0.05, 0) is 45.7 Å². The second kappa shape index (κ2) is 6.43. The molecular formula is C14H25N3O3. The molecule has 3 N–H and O–H groups in total.